The van der Waals surface area contributed by atoms with Crippen LogP contribution in [0.3, 0.4) is 0 Å². The molecule has 0 amide bonds. The Kier molecular flexibility index (Phi) is 3.06. The lowest BCUT2D eigenvalue weighted by atomic mass is 10.2. The van der Waals surface area contributed by atoms with Gasteiger partial charge in [-0.25, -0.2) is 9.97 Å². The van der Waals surface area contributed by atoms with Crippen LogP contribution in [-0.2, 0) is 0 Å². The van der Waals surface area contributed by atoms with Gasteiger partial charge in [0.1, 0.15) is 0 Å². The Bertz CT molecular complexity index is 676. The molecule has 0 saturated carbocycles. The number of nitrogens with zero attached hydrogens (tertiary/aromatic N) is 4. The van der Waals surface area contributed by atoms with Crippen molar-refractivity contribution in [2.24, 2.45) is 0 Å². The highest BCUT2D eigenvalue weighted by molar-refractivity contribution is 5.83. The molecular formula is C13H14N6. The number of aromatic nitrogens is 5. The Hall–Kier alpha value is -2.50. The highest BCUT2D eigenvalue weighted by Crippen LogP contribution is 2.21. The zero-order valence-corrected chi connectivity index (χ0v) is 10.6. The maximum atomic E-state index is 4.54. The molecule has 6 nitrogen and oxygen atoms in total. The van der Waals surface area contributed by atoms with E-state index in [0.717, 1.165) is 24.3 Å². The molecule has 2 N–H and O–H groups in total. The smallest absolute Gasteiger partial charge is 0.207 e. The number of nitrogens with one attached hydrogen (secondary N) is 2. The predicted molar refractivity (Wildman–Crippen MR) is 73.7 cm³/mol. The Morgan fingerprint density at radius 3 is 2.74 bits per heavy atom. The third kappa shape index (κ3) is 2.24. The number of benzene rings is 1. The summed E-state index contributed by atoms with van der Waals surface area (Å²) in [5, 5.41) is 14.0. The van der Waals surface area contributed by atoms with Crippen LogP contribution in [0.4, 0.5) is 5.82 Å². The van der Waals surface area contributed by atoms with Crippen LogP contribution in [0.5, 0.6) is 0 Å². The van der Waals surface area contributed by atoms with Gasteiger partial charge in [-0.05, 0) is 6.42 Å². The van der Waals surface area contributed by atoms with Crippen LogP contribution in [-0.4, -0.2) is 31.9 Å². The van der Waals surface area contributed by atoms with Crippen molar-refractivity contribution in [1.82, 2.24) is 25.4 Å². The van der Waals surface area contributed by atoms with Gasteiger partial charge in [-0.2, -0.15) is 10.3 Å². The van der Waals surface area contributed by atoms with Crippen molar-refractivity contribution in [2.75, 3.05) is 11.9 Å². The quantitative estimate of drug-likeness (QED) is 0.746. The van der Waals surface area contributed by atoms with E-state index in [9.17, 15) is 0 Å². The van der Waals surface area contributed by atoms with Crippen molar-refractivity contribution in [2.45, 2.75) is 13.3 Å². The lowest BCUT2D eigenvalue weighted by Gasteiger charge is -2.06. The molecule has 0 fully saturated rings. The number of aromatic amines is 1. The minimum Gasteiger partial charge on any atom is -0.368 e. The second kappa shape index (κ2) is 5.01. The molecule has 96 valence electrons. The molecule has 2 heterocycles. The minimum atomic E-state index is 0.576. The first-order valence-electron chi connectivity index (χ1n) is 6.26. The maximum absolute atomic E-state index is 4.54. The minimum absolute atomic E-state index is 0.576. The summed E-state index contributed by atoms with van der Waals surface area (Å²) >= 11 is 0. The van der Waals surface area contributed by atoms with Crippen LogP contribution in [0.1, 0.15) is 13.3 Å². The van der Waals surface area contributed by atoms with Gasteiger partial charge in [0, 0.05) is 12.1 Å². The predicted octanol–water partition coefficient (Wildman–Crippen LogP) is 2.24. The second-order valence-corrected chi connectivity index (χ2v) is 4.18. The Balaban J connectivity index is 2.11. The third-order valence-electron chi connectivity index (χ3n) is 2.76. The fourth-order valence-electron chi connectivity index (χ4n) is 1.83. The maximum Gasteiger partial charge on any atom is 0.207 e. The van der Waals surface area contributed by atoms with Crippen LogP contribution in [0.15, 0.2) is 30.3 Å². The molecule has 0 spiro atoms. The van der Waals surface area contributed by atoms with Crippen molar-refractivity contribution in [3.63, 3.8) is 0 Å². The molecule has 0 aliphatic rings. The van der Waals surface area contributed by atoms with E-state index in [1.54, 1.807) is 0 Å². The first-order chi connectivity index (χ1) is 9.38. The van der Waals surface area contributed by atoms with Gasteiger partial charge in [-0.15, -0.1) is 5.10 Å². The standard InChI is InChI=1S/C13H14N6/c1-2-8-14-12-10-13(18-19-17-10)16-11(15-12)9-6-4-3-5-7-9/h3-7H,2,8H2,1H3,(H2,14,15,16,17,18,19). The molecule has 2 aromatic heterocycles. The molecule has 0 atom stereocenters. The molecule has 0 bridgehead atoms. The summed E-state index contributed by atoms with van der Waals surface area (Å²) in [4.78, 5) is 8.95. The fraction of sp³-hybridized carbons (Fsp3) is 0.231. The van der Waals surface area contributed by atoms with E-state index in [2.05, 4.69) is 37.6 Å². The molecule has 0 unspecified atom stereocenters. The number of H-pyrrole nitrogens is 1. The topological polar surface area (TPSA) is 79.4 Å². The Morgan fingerprint density at radius 1 is 1.11 bits per heavy atom. The number of anilines is 1. The van der Waals surface area contributed by atoms with Crippen molar-refractivity contribution < 1.29 is 0 Å². The van der Waals surface area contributed by atoms with E-state index >= 15 is 0 Å². The van der Waals surface area contributed by atoms with Crippen molar-refractivity contribution in [1.29, 1.82) is 0 Å². The van der Waals surface area contributed by atoms with Gasteiger partial charge in [0.05, 0.1) is 0 Å². The van der Waals surface area contributed by atoms with E-state index in [1.165, 1.54) is 0 Å². The summed E-state index contributed by atoms with van der Waals surface area (Å²) in [6.45, 7) is 2.94. The van der Waals surface area contributed by atoms with Gasteiger partial charge in [0.2, 0.25) is 5.65 Å². The number of hydrogen-bond donors (Lipinski definition) is 2. The van der Waals surface area contributed by atoms with Gasteiger partial charge >= 0.3 is 0 Å². The lowest BCUT2D eigenvalue weighted by Crippen LogP contribution is -2.04. The Morgan fingerprint density at radius 2 is 1.95 bits per heavy atom. The number of hydrogen-bond acceptors (Lipinski definition) is 5. The molecular weight excluding hydrogens is 240 g/mol. The highest BCUT2D eigenvalue weighted by atomic mass is 15.4. The van der Waals surface area contributed by atoms with Crippen molar-refractivity contribution in [3.05, 3.63) is 30.3 Å². The lowest BCUT2D eigenvalue weighted by molar-refractivity contribution is 0.952. The normalized spacial score (nSPS) is 10.8. The fourth-order valence-corrected chi connectivity index (χ4v) is 1.83. The molecule has 0 radical (unpaired) electrons. The van der Waals surface area contributed by atoms with Gasteiger partial charge in [0.25, 0.3) is 0 Å². The number of rotatable bonds is 4. The average Bonchev–Trinajstić information content (AvgIpc) is 2.94. The van der Waals surface area contributed by atoms with Crippen LogP contribution in [0.25, 0.3) is 22.6 Å². The molecule has 0 aliphatic heterocycles. The SMILES string of the molecule is CCCNc1nc(-c2ccccc2)nc2n[nH]nc12. The molecule has 19 heavy (non-hydrogen) atoms. The molecule has 3 aromatic rings. The van der Waals surface area contributed by atoms with Gasteiger partial charge in [0.15, 0.2) is 17.2 Å². The third-order valence-corrected chi connectivity index (χ3v) is 2.76. The van der Waals surface area contributed by atoms with E-state index in [-0.39, 0.29) is 0 Å². The highest BCUT2D eigenvalue weighted by Gasteiger charge is 2.11. The van der Waals surface area contributed by atoms with E-state index < -0.39 is 0 Å². The summed E-state index contributed by atoms with van der Waals surface area (Å²) in [6.07, 6.45) is 1.02. The molecule has 0 saturated heterocycles. The van der Waals surface area contributed by atoms with E-state index in [0.29, 0.717) is 17.0 Å². The molecule has 1 aromatic carbocycles. The molecule has 0 aliphatic carbocycles. The summed E-state index contributed by atoms with van der Waals surface area (Å²) < 4.78 is 0. The van der Waals surface area contributed by atoms with Crippen LogP contribution in [0.2, 0.25) is 0 Å². The van der Waals surface area contributed by atoms with Crippen LogP contribution in [0, 0.1) is 0 Å². The summed E-state index contributed by atoms with van der Waals surface area (Å²) in [6, 6.07) is 9.85. The van der Waals surface area contributed by atoms with Crippen molar-refractivity contribution in [3.8, 4) is 11.4 Å². The van der Waals surface area contributed by atoms with Crippen LogP contribution < -0.4 is 5.32 Å². The zero-order valence-electron chi connectivity index (χ0n) is 10.6. The monoisotopic (exact) mass is 254 g/mol. The van der Waals surface area contributed by atoms with Crippen LogP contribution >= 0.6 is 0 Å². The Labute approximate surface area is 110 Å². The molecule has 6 heteroatoms. The first-order valence-corrected chi connectivity index (χ1v) is 6.26. The number of fused-ring (bicyclic) bond motifs is 1. The van der Waals surface area contributed by atoms with Gasteiger partial charge < -0.3 is 5.32 Å². The zero-order chi connectivity index (χ0) is 13.1. The average molecular weight is 254 g/mol. The van der Waals surface area contributed by atoms with E-state index in [4.69, 9.17) is 0 Å². The van der Waals surface area contributed by atoms with Gasteiger partial charge in [-0.1, -0.05) is 37.3 Å². The van der Waals surface area contributed by atoms with Gasteiger partial charge in [-0.3, -0.25) is 0 Å². The summed E-state index contributed by atoms with van der Waals surface area (Å²) in [5.74, 6) is 1.38. The summed E-state index contributed by atoms with van der Waals surface area (Å²) in [7, 11) is 0. The largest absolute Gasteiger partial charge is 0.368 e. The van der Waals surface area contributed by atoms with Crippen molar-refractivity contribution >= 4 is 17.0 Å². The van der Waals surface area contributed by atoms with E-state index in [1.807, 2.05) is 30.3 Å². The molecule has 3 rings (SSSR count). The first kappa shape index (κ1) is 11.6. The summed E-state index contributed by atoms with van der Waals surface area (Å²) in [5.41, 5.74) is 2.22. The second-order valence-electron chi connectivity index (χ2n) is 4.18.